The van der Waals surface area contributed by atoms with E-state index in [4.69, 9.17) is 23.2 Å². The van der Waals surface area contributed by atoms with E-state index in [1.807, 2.05) is 16.7 Å². The minimum absolute atomic E-state index is 0.472. The normalized spacial score (nSPS) is 10.8. The number of aldehydes is 1. The fraction of sp³-hybridized carbons (Fsp3) is 0.0588. The van der Waals surface area contributed by atoms with Crippen molar-refractivity contribution >= 4 is 40.5 Å². The van der Waals surface area contributed by atoms with Gasteiger partial charge in [-0.25, -0.2) is 4.98 Å². The van der Waals surface area contributed by atoms with E-state index in [0.29, 0.717) is 22.2 Å². The van der Waals surface area contributed by atoms with Crippen molar-refractivity contribution in [2.24, 2.45) is 0 Å². The molecule has 3 rings (SSSR count). The van der Waals surface area contributed by atoms with Crippen LogP contribution in [0, 0.1) is 0 Å². The van der Waals surface area contributed by atoms with E-state index in [-0.39, 0.29) is 0 Å². The molecule has 1 heterocycles. The van der Waals surface area contributed by atoms with Crippen molar-refractivity contribution < 1.29 is 4.79 Å². The molecule has 0 saturated heterocycles. The lowest BCUT2D eigenvalue weighted by molar-refractivity contribution is 0.112. The first kappa shape index (κ1) is 14.8. The molecule has 22 heavy (non-hydrogen) atoms. The summed E-state index contributed by atoms with van der Waals surface area (Å²) in [4.78, 5) is 15.4. The van der Waals surface area contributed by atoms with E-state index < -0.39 is 0 Å². The molecule has 3 nitrogen and oxygen atoms in total. The van der Waals surface area contributed by atoms with Crippen LogP contribution in [0.15, 0.2) is 49.1 Å². The molecule has 0 fully saturated rings. The number of imidazole rings is 1. The van der Waals surface area contributed by atoms with Crippen molar-refractivity contribution in [3.63, 3.8) is 0 Å². The Morgan fingerprint density at radius 1 is 1.14 bits per heavy atom. The van der Waals surface area contributed by atoms with Crippen LogP contribution in [0.4, 0.5) is 0 Å². The van der Waals surface area contributed by atoms with Crippen molar-refractivity contribution in [1.82, 2.24) is 9.55 Å². The van der Waals surface area contributed by atoms with E-state index in [2.05, 4.69) is 11.6 Å². The maximum Gasteiger partial charge on any atom is 0.150 e. The van der Waals surface area contributed by atoms with Crippen LogP contribution in [0.5, 0.6) is 0 Å². The average molecular weight is 331 g/mol. The Bertz CT molecular complexity index is 866. The SMILES string of the molecule is C=CCn1c(-c2ccc(C=O)cc2)nc2cc(Cl)c(Cl)cc21. The van der Waals surface area contributed by atoms with Gasteiger partial charge in [-0.2, -0.15) is 0 Å². The Morgan fingerprint density at radius 2 is 1.82 bits per heavy atom. The summed E-state index contributed by atoms with van der Waals surface area (Å²) in [6.07, 6.45) is 2.61. The van der Waals surface area contributed by atoms with Crippen molar-refractivity contribution in [2.45, 2.75) is 6.54 Å². The molecule has 5 heteroatoms. The summed E-state index contributed by atoms with van der Waals surface area (Å²) >= 11 is 12.2. The smallest absolute Gasteiger partial charge is 0.150 e. The minimum atomic E-state index is 0.472. The number of carbonyl (C=O) groups excluding carboxylic acids is 1. The molecule has 0 unspecified atom stereocenters. The van der Waals surface area contributed by atoms with Gasteiger partial charge in [0.05, 0.1) is 21.1 Å². The highest BCUT2D eigenvalue weighted by molar-refractivity contribution is 6.42. The van der Waals surface area contributed by atoms with E-state index >= 15 is 0 Å². The lowest BCUT2D eigenvalue weighted by Crippen LogP contribution is -1.98. The van der Waals surface area contributed by atoms with E-state index in [1.54, 1.807) is 30.3 Å². The van der Waals surface area contributed by atoms with Gasteiger partial charge in [-0.15, -0.1) is 6.58 Å². The predicted octanol–water partition coefficient (Wildman–Crippen LogP) is 5.01. The number of fused-ring (bicyclic) bond motifs is 1. The first-order valence-corrected chi connectivity index (χ1v) is 7.41. The first-order valence-electron chi connectivity index (χ1n) is 6.66. The molecule has 0 saturated carbocycles. The molecule has 0 spiro atoms. The molecule has 3 aromatic rings. The third kappa shape index (κ3) is 2.54. The number of rotatable bonds is 4. The number of nitrogens with zero attached hydrogens (tertiary/aromatic N) is 2. The minimum Gasteiger partial charge on any atom is -0.320 e. The van der Waals surface area contributed by atoms with Gasteiger partial charge in [-0.05, 0) is 12.1 Å². The van der Waals surface area contributed by atoms with Crippen LogP contribution in [0.2, 0.25) is 10.0 Å². The van der Waals surface area contributed by atoms with Crippen LogP contribution in [0.1, 0.15) is 10.4 Å². The molecule has 0 aliphatic heterocycles. The zero-order valence-corrected chi connectivity index (χ0v) is 13.1. The lowest BCUT2D eigenvalue weighted by atomic mass is 10.1. The van der Waals surface area contributed by atoms with E-state index in [0.717, 1.165) is 28.7 Å². The Hall–Kier alpha value is -2.10. The van der Waals surface area contributed by atoms with Crippen LogP contribution >= 0.6 is 23.2 Å². The van der Waals surface area contributed by atoms with Crippen LogP contribution in [0.25, 0.3) is 22.4 Å². The third-order valence-corrected chi connectivity index (χ3v) is 4.13. The third-order valence-electron chi connectivity index (χ3n) is 3.41. The number of hydrogen-bond acceptors (Lipinski definition) is 2. The molecule has 1 aromatic heterocycles. The summed E-state index contributed by atoms with van der Waals surface area (Å²) in [6, 6.07) is 10.8. The fourth-order valence-corrected chi connectivity index (χ4v) is 2.68. The van der Waals surface area contributed by atoms with Crippen LogP contribution in [0.3, 0.4) is 0 Å². The zero-order valence-electron chi connectivity index (χ0n) is 11.6. The number of halogens is 2. The highest BCUT2D eigenvalue weighted by Gasteiger charge is 2.14. The van der Waals surface area contributed by atoms with E-state index in [1.165, 1.54) is 0 Å². The summed E-state index contributed by atoms with van der Waals surface area (Å²) in [5.41, 5.74) is 3.20. The van der Waals surface area contributed by atoms with Gasteiger partial charge in [0.1, 0.15) is 12.1 Å². The van der Waals surface area contributed by atoms with Gasteiger partial charge in [-0.1, -0.05) is 53.5 Å². The molecule has 0 N–H and O–H groups in total. The lowest BCUT2D eigenvalue weighted by Gasteiger charge is -2.07. The highest BCUT2D eigenvalue weighted by Crippen LogP contribution is 2.31. The van der Waals surface area contributed by atoms with Crippen molar-refractivity contribution in [3.8, 4) is 11.4 Å². The largest absolute Gasteiger partial charge is 0.320 e. The molecule has 2 aromatic carbocycles. The number of hydrogen-bond donors (Lipinski definition) is 0. The Labute approximate surface area is 137 Å². The molecular weight excluding hydrogens is 319 g/mol. The van der Waals surface area contributed by atoms with Gasteiger partial charge < -0.3 is 4.57 Å². The second-order valence-electron chi connectivity index (χ2n) is 4.83. The summed E-state index contributed by atoms with van der Waals surface area (Å²) < 4.78 is 2.01. The van der Waals surface area contributed by atoms with Gasteiger partial charge in [0, 0.05) is 17.7 Å². The molecule has 0 aliphatic rings. The Kier molecular flexibility index (Phi) is 4.01. The summed E-state index contributed by atoms with van der Waals surface area (Å²) in [5, 5.41) is 0.961. The molecule has 0 radical (unpaired) electrons. The molecule has 110 valence electrons. The van der Waals surface area contributed by atoms with Gasteiger partial charge in [0.25, 0.3) is 0 Å². The highest BCUT2D eigenvalue weighted by atomic mass is 35.5. The number of carbonyl (C=O) groups is 1. The summed E-state index contributed by atoms with van der Waals surface area (Å²) in [5.74, 6) is 0.783. The van der Waals surface area contributed by atoms with Crippen molar-refractivity contribution in [3.05, 3.63) is 64.7 Å². The second kappa shape index (κ2) is 5.95. The molecule has 0 aliphatic carbocycles. The summed E-state index contributed by atoms with van der Waals surface area (Å²) in [7, 11) is 0. The number of allylic oxidation sites excluding steroid dienone is 1. The van der Waals surface area contributed by atoms with E-state index in [9.17, 15) is 4.79 Å². The van der Waals surface area contributed by atoms with Gasteiger partial charge >= 0.3 is 0 Å². The van der Waals surface area contributed by atoms with Crippen molar-refractivity contribution in [1.29, 1.82) is 0 Å². The van der Waals surface area contributed by atoms with Crippen molar-refractivity contribution in [2.75, 3.05) is 0 Å². The van der Waals surface area contributed by atoms with Crippen LogP contribution in [-0.2, 0) is 6.54 Å². The monoisotopic (exact) mass is 330 g/mol. The average Bonchev–Trinajstić information content (AvgIpc) is 2.86. The Balaban J connectivity index is 2.24. The number of aromatic nitrogens is 2. The molecule has 0 bridgehead atoms. The first-order chi connectivity index (χ1) is 10.6. The Morgan fingerprint density at radius 3 is 2.45 bits per heavy atom. The van der Waals surface area contributed by atoms with Gasteiger partial charge in [0.2, 0.25) is 0 Å². The maximum atomic E-state index is 10.8. The number of benzene rings is 2. The van der Waals surface area contributed by atoms with Crippen LogP contribution < -0.4 is 0 Å². The predicted molar refractivity (Wildman–Crippen MR) is 90.8 cm³/mol. The topological polar surface area (TPSA) is 34.9 Å². The zero-order chi connectivity index (χ0) is 15.7. The van der Waals surface area contributed by atoms with Gasteiger partial charge in [-0.3, -0.25) is 4.79 Å². The quantitative estimate of drug-likeness (QED) is 0.498. The maximum absolute atomic E-state index is 10.8. The fourth-order valence-electron chi connectivity index (χ4n) is 2.37. The second-order valence-corrected chi connectivity index (χ2v) is 5.64. The molecule has 0 atom stereocenters. The van der Waals surface area contributed by atoms with Gasteiger partial charge in [0.15, 0.2) is 0 Å². The standard InChI is InChI=1S/C17H12Cl2N2O/c1-2-7-21-16-9-14(19)13(18)8-15(16)20-17(21)12-5-3-11(10-22)4-6-12/h2-6,8-10H,1,7H2. The summed E-state index contributed by atoms with van der Waals surface area (Å²) in [6.45, 7) is 4.39. The van der Waals surface area contributed by atoms with Crippen LogP contribution in [-0.4, -0.2) is 15.8 Å². The molecular formula is C17H12Cl2N2O. The molecule has 0 amide bonds.